The molecule has 2 fully saturated rings. The lowest BCUT2D eigenvalue weighted by atomic mass is 9.67. The fourth-order valence-corrected chi connectivity index (χ4v) is 3.68. The first-order valence-corrected chi connectivity index (χ1v) is 5.12. The molecule has 0 spiro atoms. The summed E-state index contributed by atoms with van der Waals surface area (Å²) in [4.78, 5) is 0. The smallest absolute Gasteiger partial charge is 0.0159 e. The minimum Gasteiger partial charge on any atom is -0.309 e. The Bertz CT molecular complexity index is 229. The van der Waals surface area contributed by atoms with Crippen LogP contribution in [0.3, 0.4) is 0 Å². The van der Waals surface area contributed by atoms with E-state index in [1.54, 1.807) is 0 Å². The molecule has 2 saturated carbocycles. The number of hydrogen-bond donors (Lipinski definition) is 1. The van der Waals surface area contributed by atoms with E-state index in [0.717, 1.165) is 18.1 Å². The summed E-state index contributed by atoms with van der Waals surface area (Å²) in [5.74, 6) is 0.810. The van der Waals surface area contributed by atoms with Crippen molar-refractivity contribution in [3.63, 3.8) is 0 Å². The Morgan fingerprint density at radius 3 is 2.42 bits per heavy atom. The maximum absolute atomic E-state index is 8.04. The molecule has 12 heavy (non-hydrogen) atoms. The van der Waals surface area contributed by atoms with E-state index >= 15 is 0 Å². The van der Waals surface area contributed by atoms with E-state index in [1.807, 2.05) is 0 Å². The van der Waals surface area contributed by atoms with E-state index in [0.29, 0.717) is 5.41 Å². The second kappa shape index (κ2) is 2.12. The highest BCUT2D eigenvalue weighted by molar-refractivity contribution is 5.92. The SMILES string of the molecule is CCC12CCC(CC1=N)C2(C)C. The van der Waals surface area contributed by atoms with Gasteiger partial charge in [0.2, 0.25) is 0 Å². The third-order valence-corrected chi connectivity index (χ3v) is 4.81. The Labute approximate surface area is 75.1 Å². The molecule has 1 nitrogen and oxygen atoms in total. The van der Waals surface area contributed by atoms with Crippen LogP contribution in [-0.2, 0) is 0 Å². The molecule has 2 rings (SSSR count). The average molecular weight is 165 g/mol. The van der Waals surface area contributed by atoms with Crippen molar-refractivity contribution in [1.29, 1.82) is 5.41 Å². The highest BCUT2D eigenvalue weighted by Gasteiger charge is 2.60. The molecular formula is C11H19N. The first kappa shape index (κ1) is 8.28. The molecule has 0 radical (unpaired) electrons. The van der Waals surface area contributed by atoms with Gasteiger partial charge in [0.25, 0.3) is 0 Å². The van der Waals surface area contributed by atoms with E-state index in [2.05, 4.69) is 20.8 Å². The Kier molecular flexibility index (Phi) is 1.47. The summed E-state index contributed by atoms with van der Waals surface area (Å²) in [5.41, 5.74) is 1.75. The van der Waals surface area contributed by atoms with Gasteiger partial charge in [-0.3, -0.25) is 0 Å². The summed E-state index contributed by atoms with van der Waals surface area (Å²) < 4.78 is 0. The van der Waals surface area contributed by atoms with Crippen LogP contribution in [0.4, 0.5) is 0 Å². The van der Waals surface area contributed by atoms with Gasteiger partial charge in [0.05, 0.1) is 0 Å². The highest BCUT2D eigenvalue weighted by atomic mass is 14.7. The minimum atomic E-state index is 0.289. The van der Waals surface area contributed by atoms with Crippen LogP contribution in [0.5, 0.6) is 0 Å². The third kappa shape index (κ3) is 0.641. The molecule has 0 amide bonds. The third-order valence-electron chi connectivity index (χ3n) is 4.81. The molecule has 1 heteroatoms. The lowest BCUT2D eigenvalue weighted by molar-refractivity contribution is 0.170. The van der Waals surface area contributed by atoms with E-state index < -0.39 is 0 Å². The molecule has 0 aromatic heterocycles. The van der Waals surface area contributed by atoms with Crippen LogP contribution >= 0.6 is 0 Å². The van der Waals surface area contributed by atoms with Crippen molar-refractivity contribution in [2.45, 2.75) is 46.5 Å². The molecule has 0 aromatic rings. The summed E-state index contributed by atoms with van der Waals surface area (Å²) in [6.45, 7) is 7.00. The molecule has 0 saturated heterocycles. The summed E-state index contributed by atoms with van der Waals surface area (Å²) in [6, 6.07) is 0. The lowest BCUT2D eigenvalue weighted by Crippen LogP contribution is -2.34. The molecule has 0 aliphatic heterocycles. The first-order chi connectivity index (χ1) is 5.54. The number of rotatable bonds is 1. The van der Waals surface area contributed by atoms with Gasteiger partial charge in [-0.25, -0.2) is 0 Å². The van der Waals surface area contributed by atoms with Gasteiger partial charge in [0, 0.05) is 11.1 Å². The fourth-order valence-electron chi connectivity index (χ4n) is 3.68. The van der Waals surface area contributed by atoms with Crippen LogP contribution in [0.25, 0.3) is 0 Å². The van der Waals surface area contributed by atoms with Crippen molar-refractivity contribution in [2.75, 3.05) is 0 Å². The molecule has 0 aromatic carbocycles. The number of hydrogen-bond acceptors (Lipinski definition) is 1. The van der Waals surface area contributed by atoms with Crippen molar-refractivity contribution in [3.8, 4) is 0 Å². The predicted molar refractivity (Wildman–Crippen MR) is 51.6 cm³/mol. The molecule has 0 heterocycles. The molecule has 68 valence electrons. The monoisotopic (exact) mass is 165 g/mol. The van der Waals surface area contributed by atoms with Crippen molar-refractivity contribution in [2.24, 2.45) is 16.7 Å². The normalized spacial score (nSPS) is 43.9. The Balaban J connectivity index is 2.46. The van der Waals surface area contributed by atoms with Crippen molar-refractivity contribution in [3.05, 3.63) is 0 Å². The zero-order valence-corrected chi connectivity index (χ0v) is 8.41. The Morgan fingerprint density at radius 1 is 1.50 bits per heavy atom. The standard InChI is InChI=1S/C11H19N/c1-4-11-6-5-8(7-9(11)12)10(11,2)3/h8,12H,4-7H2,1-3H3. The van der Waals surface area contributed by atoms with Gasteiger partial charge in [0.1, 0.15) is 0 Å². The molecule has 2 bridgehead atoms. The molecular weight excluding hydrogens is 146 g/mol. The van der Waals surface area contributed by atoms with Crippen LogP contribution in [0.1, 0.15) is 46.5 Å². The molecule has 2 unspecified atom stereocenters. The van der Waals surface area contributed by atoms with Crippen LogP contribution in [0.2, 0.25) is 0 Å². The van der Waals surface area contributed by atoms with Gasteiger partial charge < -0.3 is 5.41 Å². The predicted octanol–water partition coefficient (Wildman–Crippen LogP) is 3.24. The van der Waals surface area contributed by atoms with Crippen molar-refractivity contribution >= 4 is 5.71 Å². The zero-order valence-electron chi connectivity index (χ0n) is 8.41. The van der Waals surface area contributed by atoms with Crippen LogP contribution < -0.4 is 0 Å². The van der Waals surface area contributed by atoms with Gasteiger partial charge in [-0.05, 0) is 37.0 Å². The second-order valence-corrected chi connectivity index (χ2v) is 5.08. The summed E-state index contributed by atoms with van der Waals surface area (Å²) in [5, 5.41) is 8.04. The number of nitrogens with one attached hydrogen (secondary N) is 1. The van der Waals surface area contributed by atoms with Crippen LogP contribution in [0, 0.1) is 22.2 Å². The van der Waals surface area contributed by atoms with Crippen LogP contribution in [0.15, 0.2) is 0 Å². The van der Waals surface area contributed by atoms with E-state index in [1.165, 1.54) is 19.3 Å². The lowest BCUT2D eigenvalue weighted by Gasteiger charge is -2.37. The van der Waals surface area contributed by atoms with Crippen molar-refractivity contribution < 1.29 is 0 Å². The van der Waals surface area contributed by atoms with E-state index in [4.69, 9.17) is 5.41 Å². The maximum Gasteiger partial charge on any atom is 0.0159 e. The molecule has 2 aliphatic carbocycles. The first-order valence-electron chi connectivity index (χ1n) is 5.12. The molecule has 1 N–H and O–H groups in total. The average Bonchev–Trinajstić information content (AvgIpc) is 2.36. The van der Waals surface area contributed by atoms with E-state index in [9.17, 15) is 0 Å². The Morgan fingerprint density at radius 2 is 2.17 bits per heavy atom. The van der Waals surface area contributed by atoms with Gasteiger partial charge in [-0.15, -0.1) is 0 Å². The summed E-state index contributed by atoms with van der Waals surface area (Å²) in [6.07, 6.45) is 4.90. The van der Waals surface area contributed by atoms with Crippen LogP contribution in [-0.4, -0.2) is 5.71 Å². The minimum absolute atomic E-state index is 0.289. The highest BCUT2D eigenvalue weighted by Crippen LogP contribution is 2.65. The van der Waals surface area contributed by atoms with Gasteiger partial charge in [-0.2, -0.15) is 0 Å². The number of fused-ring (bicyclic) bond motifs is 2. The molecule has 2 atom stereocenters. The quantitative estimate of drug-likeness (QED) is 0.616. The van der Waals surface area contributed by atoms with Gasteiger partial charge in [0.15, 0.2) is 0 Å². The summed E-state index contributed by atoms with van der Waals surface area (Å²) in [7, 11) is 0. The summed E-state index contributed by atoms with van der Waals surface area (Å²) >= 11 is 0. The molecule has 2 aliphatic rings. The zero-order chi connectivity index (χ0) is 8.98. The maximum atomic E-state index is 8.04. The van der Waals surface area contributed by atoms with E-state index in [-0.39, 0.29) is 5.41 Å². The largest absolute Gasteiger partial charge is 0.309 e. The van der Waals surface area contributed by atoms with Gasteiger partial charge >= 0.3 is 0 Å². The second-order valence-electron chi connectivity index (χ2n) is 5.08. The van der Waals surface area contributed by atoms with Gasteiger partial charge in [-0.1, -0.05) is 20.8 Å². The topological polar surface area (TPSA) is 23.9 Å². The Hall–Kier alpha value is -0.330. The van der Waals surface area contributed by atoms with Crippen molar-refractivity contribution in [1.82, 2.24) is 0 Å². The fraction of sp³-hybridized carbons (Fsp3) is 0.909.